The second-order valence-electron chi connectivity index (χ2n) is 4.47. The second kappa shape index (κ2) is 4.85. The molecular weight excluding hydrogens is 216 g/mol. The van der Waals surface area contributed by atoms with Gasteiger partial charge >= 0.3 is 0 Å². The molecule has 17 heavy (non-hydrogen) atoms. The van der Waals surface area contributed by atoms with Crippen molar-refractivity contribution >= 4 is 5.91 Å². The number of rotatable bonds is 2. The fourth-order valence-corrected chi connectivity index (χ4v) is 2.00. The largest absolute Gasteiger partial charge is 0.378 e. The lowest BCUT2D eigenvalue weighted by Gasteiger charge is -2.34. The molecule has 1 saturated heterocycles. The van der Waals surface area contributed by atoms with E-state index in [0.717, 1.165) is 5.56 Å². The zero-order valence-corrected chi connectivity index (χ0v) is 10.1. The molecule has 2 rings (SSSR count). The predicted molar refractivity (Wildman–Crippen MR) is 65.4 cm³/mol. The molecule has 4 heteroatoms. The summed E-state index contributed by atoms with van der Waals surface area (Å²) in [6.45, 7) is 4.20. The van der Waals surface area contributed by atoms with E-state index < -0.39 is 5.54 Å². The van der Waals surface area contributed by atoms with E-state index in [-0.39, 0.29) is 5.91 Å². The van der Waals surface area contributed by atoms with Gasteiger partial charge in [0.2, 0.25) is 5.91 Å². The van der Waals surface area contributed by atoms with E-state index in [9.17, 15) is 4.79 Å². The predicted octanol–water partition coefficient (Wildman–Crippen LogP) is 0.719. The molecule has 1 aromatic carbocycles. The topological polar surface area (TPSA) is 55.6 Å². The molecule has 1 fully saturated rings. The van der Waals surface area contributed by atoms with Gasteiger partial charge in [-0.1, -0.05) is 30.3 Å². The molecule has 0 radical (unpaired) electrons. The third-order valence-electron chi connectivity index (χ3n) is 3.12. The maximum atomic E-state index is 12.4. The van der Waals surface area contributed by atoms with Crippen LogP contribution in [0, 0.1) is 0 Å². The van der Waals surface area contributed by atoms with Crippen LogP contribution in [0.2, 0.25) is 0 Å². The van der Waals surface area contributed by atoms with Gasteiger partial charge < -0.3 is 15.4 Å². The maximum absolute atomic E-state index is 12.4. The molecule has 1 atom stereocenters. The molecule has 1 aromatic rings. The summed E-state index contributed by atoms with van der Waals surface area (Å²) in [6, 6.07) is 9.48. The van der Waals surface area contributed by atoms with Gasteiger partial charge in [0.15, 0.2) is 0 Å². The van der Waals surface area contributed by atoms with Gasteiger partial charge in [-0.3, -0.25) is 4.79 Å². The highest BCUT2D eigenvalue weighted by atomic mass is 16.5. The van der Waals surface area contributed by atoms with Gasteiger partial charge in [0.25, 0.3) is 0 Å². The molecule has 0 aliphatic carbocycles. The van der Waals surface area contributed by atoms with Gasteiger partial charge in [0.1, 0.15) is 5.54 Å². The van der Waals surface area contributed by atoms with Crippen LogP contribution in [0.15, 0.2) is 30.3 Å². The van der Waals surface area contributed by atoms with Gasteiger partial charge in [-0.05, 0) is 12.5 Å². The Morgan fingerprint density at radius 1 is 1.29 bits per heavy atom. The van der Waals surface area contributed by atoms with Crippen LogP contribution in [-0.2, 0) is 15.1 Å². The minimum atomic E-state index is -0.960. The highest BCUT2D eigenvalue weighted by Crippen LogP contribution is 2.20. The summed E-state index contributed by atoms with van der Waals surface area (Å²) in [5, 5.41) is 0. The first kappa shape index (κ1) is 12.1. The number of morpholine rings is 1. The zero-order chi connectivity index (χ0) is 12.3. The van der Waals surface area contributed by atoms with Crippen LogP contribution in [0.5, 0.6) is 0 Å². The number of carbonyl (C=O) groups is 1. The standard InChI is InChI=1S/C13H18N2O2/c1-13(14,11-5-3-2-4-6-11)12(16)15-7-9-17-10-8-15/h2-6H,7-10,14H2,1H3. The minimum absolute atomic E-state index is 0.0352. The number of nitrogens with zero attached hydrogens (tertiary/aromatic N) is 1. The molecule has 2 N–H and O–H groups in total. The molecule has 1 aliphatic heterocycles. The van der Waals surface area contributed by atoms with E-state index in [1.165, 1.54) is 0 Å². The average Bonchev–Trinajstić information content (AvgIpc) is 2.40. The van der Waals surface area contributed by atoms with Crippen molar-refractivity contribution < 1.29 is 9.53 Å². The maximum Gasteiger partial charge on any atom is 0.247 e. The minimum Gasteiger partial charge on any atom is -0.378 e. The van der Waals surface area contributed by atoms with Gasteiger partial charge in [0, 0.05) is 13.1 Å². The molecule has 0 bridgehead atoms. The Kier molecular flexibility index (Phi) is 3.45. The van der Waals surface area contributed by atoms with Crippen LogP contribution in [0.3, 0.4) is 0 Å². The molecule has 1 unspecified atom stereocenters. The first-order valence-corrected chi connectivity index (χ1v) is 5.84. The van der Waals surface area contributed by atoms with Crippen LogP contribution in [0.1, 0.15) is 12.5 Å². The molecule has 1 amide bonds. The van der Waals surface area contributed by atoms with Crippen molar-refractivity contribution in [2.45, 2.75) is 12.5 Å². The van der Waals surface area contributed by atoms with E-state index >= 15 is 0 Å². The van der Waals surface area contributed by atoms with Crippen molar-refractivity contribution in [1.82, 2.24) is 4.90 Å². The van der Waals surface area contributed by atoms with Crippen molar-refractivity contribution in [3.8, 4) is 0 Å². The van der Waals surface area contributed by atoms with E-state index in [2.05, 4.69) is 0 Å². The van der Waals surface area contributed by atoms with Crippen molar-refractivity contribution in [1.29, 1.82) is 0 Å². The van der Waals surface area contributed by atoms with Crippen molar-refractivity contribution in [3.63, 3.8) is 0 Å². The first-order chi connectivity index (χ1) is 8.12. The Hall–Kier alpha value is -1.39. The number of hydrogen-bond acceptors (Lipinski definition) is 3. The van der Waals surface area contributed by atoms with Crippen molar-refractivity contribution in [2.75, 3.05) is 26.3 Å². The molecule has 4 nitrogen and oxygen atoms in total. The number of nitrogens with two attached hydrogens (primary N) is 1. The Balaban J connectivity index is 2.17. The third-order valence-corrected chi connectivity index (χ3v) is 3.12. The number of ether oxygens (including phenoxy) is 1. The van der Waals surface area contributed by atoms with E-state index in [1.807, 2.05) is 30.3 Å². The summed E-state index contributed by atoms with van der Waals surface area (Å²) >= 11 is 0. The smallest absolute Gasteiger partial charge is 0.247 e. The summed E-state index contributed by atoms with van der Waals surface area (Å²) in [5.74, 6) is -0.0352. The lowest BCUT2D eigenvalue weighted by atomic mass is 9.91. The molecule has 92 valence electrons. The first-order valence-electron chi connectivity index (χ1n) is 5.84. The summed E-state index contributed by atoms with van der Waals surface area (Å²) in [4.78, 5) is 14.1. The van der Waals surface area contributed by atoms with Gasteiger partial charge in [-0.15, -0.1) is 0 Å². The fraction of sp³-hybridized carbons (Fsp3) is 0.462. The molecule has 1 aliphatic rings. The van der Waals surface area contributed by atoms with E-state index in [1.54, 1.807) is 11.8 Å². The summed E-state index contributed by atoms with van der Waals surface area (Å²) in [7, 11) is 0. The van der Waals surface area contributed by atoms with Gasteiger partial charge in [-0.2, -0.15) is 0 Å². The molecule has 0 spiro atoms. The zero-order valence-electron chi connectivity index (χ0n) is 10.1. The average molecular weight is 234 g/mol. The number of amides is 1. The number of hydrogen-bond donors (Lipinski definition) is 1. The Bertz CT molecular complexity index is 384. The van der Waals surface area contributed by atoms with E-state index in [0.29, 0.717) is 26.3 Å². The number of carbonyl (C=O) groups excluding carboxylic acids is 1. The van der Waals surface area contributed by atoms with Crippen LogP contribution >= 0.6 is 0 Å². The molecule has 0 aromatic heterocycles. The van der Waals surface area contributed by atoms with Crippen LogP contribution in [0.4, 0.5) is 0 Å². The molecular formula is C13H18N2O2. The van der Waals surface area contributed by atoms with Crippen molar-refractivity contribution in [2.24, 2.45) is 5.73 Å². The normalized spacial score (nSPS) is 19.8. The lowest BCUT2D eigenvalue weighted by Crippen LogP contribution is -2.53. The highest BCUT2D eigenvalue weighted by Gasteiger charge is 2.34. The summed E-state index contributed by atoms with van der Waals surface area (Å²) in [6.07, 6.45) is 0. The SMILES string of the molecule is CC(N)(C(=O)N1CCOCC1)c1ccccc1. The number of benzene rings is 1. The van der Waals surface area contributed by atoms with Crippen molar-refractivity contribution in [3.05, 3.63) is 35.9 Å². The highest BCUT2D eigenvalue weighted by molar-refractivity contribution is 5.87. The summed E-state index contributed by atoms with van der Waals surface area (Å²) in [5.41, 5.74) is 6.06. The monoisotopic (exact) mass is 234 g/mol. The molecule has 0 saturated carbocycles. The Labute approximate surface area is 101 Å². The van der Waals surface area contributed by atoms with Gasteiger partial charge in [-0.25, -0.2) is 0 Å². The van der Waals surface area contributed by atoms with Crippen LogP contribution in [-0.4, -0.2) is 37.1 Å². The quantitative estimate of drug-likeness (QED) is 0.820. The third kappa shape index (κ3) is 2.48. The van der Waals surface area contributed by atoms with Crippen LogP contribution in [0.25, 0.3) is 0 Å². The van der Waals surface area contributed by atoms with E-state index in [4.69, 9.17) is 10.5 Å². The molecule has 1 heterocycles. The lowest BCUT2D eigenvalue weighted by molar-refractivity contribution is -0.140. The Morgan fingerprint density at radius 3 is 2.47 bits per heavy atom. The fourth-order valence-electron chi connectivity index (χ4n) is 2.00. The summed E-state index contributed by atoms with van der Waals surface area (Å²) < 4.78 is 5.23. The Morgan fingerprint density at radius 2 is 1.88 bits per heavy atom. The van der Waals surface area contributed by atoms with Gasteiger partial charge in [0.05, 0.1) is 13.2 Å². The second-order valence-corrected chi connectivity index (χ2v) is 4.47. The van der Waals surface area contributed by atoms with Crippen LogP contribution < -0.4 is 5.73 Å².